The molecule has 0 bridgehead atoms. The molecule has 2 N–H and O–H groups in total. The highest BCUT2D eigenvalue weighted by molar-refractivity contribution is 5.93. The Labute approximate surface area is 165 Å². The highest BCUT2D eigenvalue weighted by atomic mass is 19.1. The number of amides is 1. The molecule has 3 heterocycles. The number of nitrogens with one attached hydrogen (secondary N) is 2. The van der Waals surface area contributed by atoms with Gasteiger partial charge in [-0.05, 0) is 32.0 Å². The topological polar surface area (TPSA) is 97.7 Å². The van der Waals surface area contributed by atoms with Gasteiger partial charge >= 0.3 is 0 Å². The lowest BCUT2D eigenvalue weighted by Gasteiger charge is -2.09. The van der Waals surface area contributed by atoms with E-state index in [2.05, 4.69) is 25.5 Å². The molecule has 0 aliphatic heterocycles. The number of benzene rings is 1. The Morgan fingerprint density at radius 3 is 2.90 bits per heavy atom. The van der Waals surface area contributed by atoms with Gasteiger partial charge in [0.2, 0.25) is 0 Å². The first-order valence-electron chi connectivity index (χ1n) is 9.00. The number of nitrogens with zero attached hydrogens (tertiary/aromatic N) is 4. The maximum Gasteiger partial charge on any atom is 0.271 e. The van der Waals surface area contributed by atoms with Crippen molar-refractivity contribution in [2.75, 3.05) is 7.11 Å². The van der Waals surface area contributed by atoms with Crippen molar-refractivity contribution in [3.8, 4) is 22.8 Å². The molecule has 0 saturated carbocycles. The van der Waals surface area contributed by atoms with Crippen LogP contribution in [0.5, 0.6) is 5.75 Å². The fourth-order valence-corrected chi connectivity index (χ4v) is 3.05. The molecule has 0 unspecified atom stereocenters. The lowest BCUT2D eigenvalue weighted by atomic mass is 10.1. The van der Waals surface area contributed by atoms with E-state index in [4.69, 9.17) is 4.74 Å². The van der Waals surface area contributed by atoms with Crippen LogP contribution in [0.2, 0.25) is 0 Å². The monoisotopic (exact) mass is 394 g/mol. The molecule has 0 atom stereocenters. The van der Waals surface area contributed by atoms with Gasteiger partial charge in [0.1, 0.15) is 23.6 Å². The summed E-state index contributed by atoms with van der Waals surface area (Å²) in [5, 5.41) is 10.7. The second-order valence-corrected chi connectivity index (χ2v) is 6.77. The number of imidazole rings is 1. The zero-order valence-corrected chi connectivity index (χ0v) is 16.1. The van der Waals surface area contributed by atoms with Gasteiger partial charge < -0.3 is 10.1 Å². The Morgan fingerprint density at radius 2 is 2.14 bits per heavy atom. The number of H-pyrrole nitrogens is 1. The number of aromatic amines is 1. The minimum absolute atomic E-state index is 0.00301. The maximum atomic E-state index is 14.5. The number of carbonyl (C=O) groups is 1. The van der Waals surface area contributed by atoms with Crippen LogP contribution in [-0.4, -0.2) is 43.8 Å². The van der Waals surface area contributed by atoms with Crippen LogP contribution >= 0.6 is 0 Å². The van der Waals surface area contributed by atoms with Gasteiger partial charge in [0.05, 0.1) is 30.1 Å². The number of methoxy groups -OCH3 is 1. The molecule has 0 fully saturated rings. The second-order valence-electron chi connectivity index (χ2n) is 6.77. The first-order chi connectivity index (χ1) is 14.0. The first-order valence-corrected chi connectivity index (χ1v) is 9.00. The van der Waals surface area contributed by atoms with E-state index < -0.39 is 5.82 Å². The fraction of sp³-hybridized carbons (Fsp3) is 0.200. The number of hydrogen-bond donors (Lipinski definition) is 2. The number of rotatable bonds is 5. The third-order valence-corrected chi connectivity index (χ3v) is 4.36. The Bertz CT molecular complexity index is 1200. The van der Waals surface area contributed by atoms with Crippen LogP contribution < -0.4 is 10.1 Å². The molecular weight excluding hydrogens is 375 g/mol. The smallest absolute Gasteiger partial charge is 0.271 e. The second kappa shape index (κ2) is 7.34. The zero-order valence-electron chi connectivity index (χ0n) is 16.1. The van der Waals surface area contributed by atoms with Gasteiger partial charge in [0.15, 0.2) is 5.82 Å². The average Bonchev–Trinajstić information content (AvgIpc) is 3.33. The van der Waals surface area contributed by atoms with Gasteiger partial charge in [0.25, 0.3) is 5.91 Å². The molecule has 1 amide bonds. The molecule has 0 radical (unpaired) electrons. The summed E-state index contributed by atoms with van der Waals surface area (Å²) in [5.41, 5.74) is 1.63. The summed E-state index contributed by atoms with van der Waals surface area (Å²) < 4.78 is 21.4. The Hall–Kier alpha value is -3.75. The van der Waals surface area contributed by atoms with E-state index in [-0.39, 0.29) is 23.2 Å². The Kier molecular flexibility index (Phi) is 4.71. The lowest BCUT2D eigenvalue weighted by molar-refractivity contribution is 0.0938. The van der Waals surface area contributed by atoms with Crippen molar-refractivity contribution in [1.82, 2.24) is 30.0 Å². The van der Waals surface area contributed by atoms with Crippen molar-refractivity contribution in [1.29, 1.82) is 0 Å². The third-order valence-electron chi connectivity index (χ3n) is 4.36. The summed E-state index contributed by atoms with van der Waals surface area (Å²) in [5.74, 6) is 0.209. The summed E-state index contributed by atoms with van der Waals surface area (Å²) in [6.07, 6.45) is 4.68. The Balaban J connectivity index is 1.78. The number of fused-ring (bicyclic) bond motifs is 1. The summed E-state index contributed by atoms with van der Waals surface area (Å²) >= 11 is 0. The molecule has 0 aliphatic rings. The molecule has 0 spiro atoms. The predicted octanol–water partition coefficient (Wildman–Crippen LogP) is 3.10. The highest BCUT2D eigenvalue weighted by Gasteiger charge is 2.17. The molecule has 0 saturated heterocycles. The van der Waals surface area contributed by atoms with Crippen molar-refractivity contribution >= 4 is 16.8 Å². The molecule has 1 aromatic carbocycles. The highest BCUT2D eigenvalue weighted by Crippen LogP contribution is 2.33. The van der Waals surface area contributed by atoms with E-state index in [0.717, 1.165) is 0 Å². The number of pyridine rings is 1. The largest absolute Gasteiger partial charge is 0.496 e. The minimum Gasteiger partial charge on any atom is -0.496 e. The van der Waals surface area contributed by atoms with E-state index in [9.17, 15) is 9.18 Å². The SMILES string of the molecule is COc1cccc(F)c1-c1cc2c(-n3cnc(C(=O)NC(C)C)c3)n[nH]c2cn1. The van der Waals surface area contributed by atoms with Gasteiger partial charge in [0, 0.05) is 17.6 Å². The zero-order chi connectivity index (χ0) is 20.5. The average molecular weight is 394 g/mol. The number of hydrogen-bond acceptors (Lipinski definition) is 5. The maximum absolute atomic E-state index is 14.5. The van der Waals surface area contributed by atoms with E-state index >= 15 is 0 Å². The lowest BCUT2D eigenvalue weighted by Crippen LogP contribution is -2.30. The van der Waals surface area contributed by atoms with Gasteiger partial charge in [-0.25, -0.2) is 9.37 Å². The normalized spacial score (nSPS) is 11.2. The number of ether oxygens (including phenoxy) is 1. The van der Waals surface area contributed by atoms with Crippen LogP contribution in [0.15, 0.2) is 43.0 Å². The molecule has 8 nitrogen and oxygen atoms in total. The summed E-state index contributed by atoms with van der Waals surface area (Å²) in [6.45, 7) is 3.75. The molecule has 3 aromatic heterocycles. The molecule has 9 heteroatoms. The Morgan fingerprint density at radius 1 is 1.31 bits per heavy atom. The summed E-state index contributed by atoms with van der Waals surface area (Å²) in [6, 6.07) is 6.34. The van der Waals surface area contributed by atoms with Crippen LogP contribution in [-0.2, 0) is 0 Å². The van der Waals surface area contributed by atoms with Crippen LogP contribution in [0.4, 0.5) is 4.39 Å². The molecule has 0 aliphatic carbocycles. The van der Waals surface area contributed by atoms with Crippen LogP contribution in [0.3, 0.4) is 0 Å². The van der Waals surface area contributed by atoms with Crippen LogP contribution in [0, 0.1) is 5.82 Å². The number of halogens is 1. The third kappa shape index (κ3) is 3.42. The van der Waals surface area contributed by atoms with Crippen molar-refractivity contribution < 1.29 is 13.9 Å². The predicted molar refractivity (Wildman–Crippen MR) is 106 cm³/mol. The van der Waals surface area contributed by atoms with E-state index in [1.54, 1.807) is 35.2 Å². The summed E-state index contributed by atoms with van der Waals surface area (Å²) in [7, 11) is 1.48. The molecular formula is C20H19FN6O2. The van der Waals surface area contributed by atoms with E-state index in [0.29, 0.717) is 28.2 Å². The van der Waals surface area contributed by atoms with Crippen LogP contribution in [0.25, 0.3) is 28.0 Å². The molecule has 29 heavy (non-hydrogen) atoms. The van der Waals surface area contributed by atoms with E-state index in [1.807, 2.05) is 13.8 Å². The molecule has 4 rings (SSSR count). The van der Waals surface area contributed by atoms with Gasteiger partial charge in [-0.1, -0.05) is 6.07 Å². The van der Waals surface area contributed by atoms with Crippen molar-refractivity contribution in [2.45, 2.75) is 19.9 Å². The fourth-order valence-electron chi connectivity index (χ4n) is 3.05. The number of aromatic nitrogens is 5. The van der Waals surface area contributed by atoms with E-state index in [1.165, 1.54) is 19.5 Å². The van der Waals surface area contributed by atoms with Crippen LogP contribution in [0.1, 0.15) is 24.3 Å². The first kappa shape index (κ1) is 18.6. The van der Waals surface area contributed by atoms with Crippen molar-refractivity contribution in [3.05, 3.63) is 54.5 Å². The minimum atomic E-state index is -0.434. The van der Waals surface area contributed by atoms with Crippen molar-refractivity contribution in [3.63, 3.8) is 0 Å². The number of carbonyl (C=O) groups excluding carboxylic acids is 1. The quantitative estimate of drug-likeness (QED) is 0.542. The molecule has 148 valence electrons. The summed E-state index contributed by atoms with van der Waals surface area (Å²) in [4.78, 5) is 20.7. The van der Waals surface area contributed by atoms with Gasteiger partial charge in [-0.3, -0.25) is 19.4 Å². The van der Waals surface area contributed by atoms with Gasteiger partial charge in [-0.2, -0.15) is 5.10 Å². The standard InChI is InChI=1S/C20H19FN6O2/c1-11(2)24-20(28)16-9-27(10-23-16)19-12-7-14(22-8-15(12)25-26-19)18-13(21)5-4-6-17(18)29-3/h4-11H,1-3H3,(H,24,28)(H,25,26). The van der Waals surface area contributed by atoms with Crippen molar-refractivity contribution in [2.24, 2.45) is 0 Å². The molecule has 4 aromatic rings. The van der Waals surface area contributed by atoms with Gasteiger partial charge in [-0.15, -0.1) is 0 Å².